The Morgan fingerprint density at radius 1 is 1.03 bits per heavy atom. The zero-order valence-electron chi connectivity index (χ0n) is 18.2. The van der Waals surface area contributed by atoms with Crippen molar-refractivity contribution in [1.29, 1.82) is 0 Å². The van der Waals surface area contributed by atoms with Gasteiger partial charge in [0.25, 0.3) is 0 Å². The first-order valence-corrected chi connectivity index (χ1v) is 11.2. The zero-order chi connectivity index (χ0) is 22.8. The molecular formula is C26H31NO5. The van der Waals surface area contributed by atoms with Crippen molar-refractivity contribution in [3.8, 4) is 11.5 Å². The van der Waals surface area contributed by atoms with Crippen molar-refractivity contribution in [1.82, 2.24) is 4.90 Å². The first-order valence-electron chi connectivity index (χ1n) is 11.2. The number of nitrogens with zero attached hydrogens (tertiary/aromatic N) is 1. The van der Waals surface area contributed by atoms with E-state index in [9.17, 15) is 14.7 Å². The number of likely N-dealkylation sites (tertiary alicyclic amines) is 1. The maximum atomic E-state index is 12.2. The predicted octanol–water partition coefficient (Wildman–Crippen LogP) is 5.09. The molecule has 1 fully saturated rings. The van der Waals surface area contributed by atoms with Gasteiger partial charge in [0.15, 0.2) is 0 Å². The van der Waals surface area contributed by atoms with Gasteiger partial charge in [0.2, 0.25) is 5.91 Å². The van der Waals surface area contributed by atoms with E-state index in [-0.39, 0.29) is 18.4 Å². The Bertz CT molecular complexity index is 894. The Hall–Kier alpha value is -3.12. The molecule has 0 radical (unpaired) electrons. The van der Waals surface area contributed by atoms with Crippen LogP contribution in [0.3, 0.4) is 0 Å². The van der Waals surface area contributed by atoms with E-state index in [1.54, 1.807) is 6.08 Å². The van der Waals surface area contributed by atoms with Gasteiger partial charge in [0.05, 0.1) is 12.1 Å². The summed E-state index contributed by atoms with van der Waals surface area (Å²) >= 11 is 0. The SMILES string of the molecule is O=C(O)CCCCCCN1C(=O)CCC1C=CC(O)c1ccc(Oc2ccccc2)cc1. The van der Waals surface area contributed by atoms with Crippen molar-refractivity contribution in [2.24, 2.45) is 0 Å². The number of hydrogen-bond donors (Lipinski definition) is 2. The van der Waals surface area contributed by atoms with E-state index in [2.05, 4.69) is 0 Å². The highest BCUT2D eigenvalue weighted by molar-refractivity contribution is 5.79. The highest BCUT2D eigenvalue weighted by Crippen LogP contribution is 2.25. The molecule has 0 aliphatic carbocycles. The van der Waals surface area contributed by atoms with Crippen molar-refractivity contribution in [2.45, 2.75) is 57.1 Å². The minimum atomic E-state index is -0.762. The topological polar surface area (TPSA) is 87.1 Å². The Kier molecular flexibility index (Phi) is 8.87. The van der Waals surface area contributed by atoms with E-state index in [0.717, 1.165) is 37.0 Å². The second-order valence-corrected chi connectivity index (χ2v) is 8.06. The maximum absolute atomic E-state index is 12.2. The summed E-state index contributed by atoms with van der Waals surface area (Å²) in [5.41, 5.74) is 0.760. The van der Waals surface area contributed by atoms with Gasteiger partial charge in [0.1, 0.15) is 11.5 Å². The highest BCUT2D eigenvalue weighted by atomic mass is 16.5. The molecule has 2 atom stereocenters. The number of aliphatic carboxylic acids is 1. The van der Waals surface area contributed by atoms with E-state index >= 15 is 0 Å². The number of para-hydroxylation sites is 1. The molecular weight excluding hydrogens is 406 g/mol. The molecule has 6 heteroatoms. The van der Waals surface area contributed by atoms with Gasteiger partial charge in [-0.3, -0.25) is 9.59 Å². The van der Waals surface area contributed by atoms with Crippen LogP contribution in [-0.2, 0) is 9.59 Å². The average Bonchev–Trinajstić information content (AvgIpc) is 3.15. The first-order chi connectivity index (χ1) is 15.5. The third kappa shape index (κ3) is 7.24. The maximum Gasteiger partial charge on any atom is 0.303 e. The number of aliphatic hydroxyl groups excluding tert-OH is 1. The number of unbranched alkanes of at least 4 members (excludes halogenated alkanes) is 3. The number of rotatable bonds is 12. The molecule has 0 spiro atoms. The summed E-state index contributed by atoms with van der Waals surface area (Å²) in [6, 6.07) is 16.8. The van der Waals surface area contributed by atoms with Crippen molar-refractivity contribution >= 4 is 11.9 Å². The van der Waals surface area contributed by atoms with Gasteiger partial charge in [-0.2, -0.15) is 0 Å². The summed E-state index contributed by atoms with van der Waals surface area (Å²) in [7, 11) is 0. The summed E-state index contributed by atoms with van der Waals surface area (Å²) in [6.45, 7) is 0.669. The van der Waals surface area contributed by atoms with Crippen molar-refractivity contribution in [3.05, 3.63) is 72.3 Å². The number of amides is 1. The number of hydrogen-bond acceptors (Lipinski definition) is 4. The lowest BCUT2D eigenvalue weighted by Crippen LogP contribution is -2.32. The molecule has 6 nitrogen and oxygen atoms in total. The van der Waals surface area contributed by atoms with Crippen LogP contribution in [0.1, 0.15) is 56.6 Å². The van der Waals surface area contributed by atoms with Crippen molar-refractivity contribution in [3.63, 3.8) is 0 Å². The summed E-state index contributed by atoms with van der Waals surface area (Å²) in [5.74, 6) is 0.838. The average molecular weight is 438 g/mol. The highest BCUT2D eigenvalue weighted by Gasteiger charge is 2.28. The van der Waals surface area contributed by atoms with E-state index in [0.29, 0.717) is 25.1 Å². The van der Waals surface area contributed by atoms with Gasteiger partial charge in [-0.25, -0.2) is 0 Å². The van der Waals surface area contributed by atoms with Crippen molar-refractivity contribution < 1.29 is 24.5 Å². The van der Waals surface area contributed by atoms with E-state index in [1.807, 2.05) is 65.6 Å². The fourth-order valence-corrected chi connectivity index (χ4v) is 3.86. The van der Waals surface area contributed by atoms with Gasteiger partial charge >= 0.3 is 5.97 Å². The summed E-state index contributed by atoms with van der Waals surface area (Å²) < 4.78 is 5.78. The molecule has 3 rings (SSSR count). The molecule has 0 aromatic heterocycles. The second-order valence-electron chi connectivity index (χ2n) is 8.06. The largest absolute Gasteiger partial charge is 0.481 e. The van der Waals surface area contributed by atoms with Crippen LogP contribution in [0.4, 0.5) is 0 Å². The third-order valence-electron chi connectivity index (χ3n) is 5.63. The van der Waals surface area contributed by atoms with Gasteiger partial charge in [-0.1, -0.05) is 55.3 Å². The van der Waals surface area contributed by atoms with Crippen LogP contribution < -0.4 is 4.74 Å². The molecule has 1 amide bonds. The fourth-order valence-electron chi connectivity index (χ4n) is 3.86. The van der Waals surface area contributed by atoms with Gasteiger partial charge < -0.3 is 19.8 Å². The standard InChI is InChI=1S/C26H31NO5/c28-24(20-11-15-23(16-12-20)32-22-8-4-3-5-9-22)17-13-21-14-18-25(29)27(21)19-7-2-1-6-10-26(30)31/h3-5,8-9,11-13,15-17,21,24,28H,1-2,6-7,10,14,18-19H2,(H,30,31). The van der Waals surface area contributed by atoms with Gasteiger partial charge in [-0.15, -0.1) is 0 Å². The minimum Gasteiger partial charge on any atom is -0.481 e. The Balaban J connectivity index is 1.48. The summed E-state index contributed by atoms with van der Waals surface area (Å²) in [6.07, 6.45) is 7.70. The molecule has 1 heterocycles. The summed E-state index contributed by atoms with van der Waals surface area (Å²) in [4.78, 5) is 24.7. The second kappa shape index (κ2) is 12.1. The van der Waals surface area contributed by atoms with Crippen LogP contribution in [0, 0.1) is 0 Å². The molecule has 0 bridgehead atoms. The molecule has 0 saturated carbocycles. The van der Waals surface area contributed by atoms with Crippen LogP contribution in [0.5, 0.6) is 11.5 Å². The molecule has 2 N–H and O–H groups in total. The number of ether oxygens (including phenoxy) is 1. The third-order valence-corrected chi connectivity index (χ3v) is 5.63. The number of carboxylic acid groups (broad SMARTS) is 1. The molecule has 170 valence electrons. The molecule has 2 aromatic rings. The lowest BCUT2D eigenvalue weighted by Gasteiger charge is -2.22. The Morgan fingerprint density at radius 3 is 2.44 bits per heavy atom. The smallest absolute Gasteiger partial charge is 0.303 e. The van der Waals surface area contributed by atoms with E-state index in [1.165, 1.54) is 0 Å². The van der Waals surface area contributed by atoms with Gasteiger partial charge in [0, 0.05) is 19.4 Å². The fraction of sp³-hybridized carbons (Fsp3) is 0.385. The Morgan fingerprint density at radius 2 is 1.72 bits per heavy atom. The monoisotopic (exact) mass is 437 g/mol. The van der Waals surface area contributed by atoms with Crippen LogP contribution in [-0.4, -0.2) is 39.6 Å². The quantitative estimate of drug-likeness (QED) is 0.357. The zero-order valence-corrected chi connectivity index (χ0v) is 18.2. The van der Waals surface area contributed by atoms with E-state index in [4.69, 9.17) is 9.84 Å². The lowest BCUT2D eigenvalue weighted by atomic mass is 10.1. The number of carbonyl (C=O) groups is 2. The van der Waals surface area contributed by atoms with Crippen molar-refractivity contribution in [2.75, 3.05) is 6.54 Å². The first kappa shape index (κ1) is 23.5. The molecule has 1 aliphatic rings. The molecule has 1 saturated heterocycles. The number of carboxylic acids is 1. The van der Waals surface area contributed by atoms with E-state index < -0.39 is 12.1 Å². The van der Waals surface area contributed by atoms with Crippen LogP contribution >= 0.6 is 0 Å². The lowest BCUT2D eigenvalue weighted by molar-refractivity contribution is -0.137. The molecule has 32 heavy (non-hydrogen) atoms. The van der Waals surface area contributed by atoms with Crippen LogP contribution in [0.25, 0.3) is 0 Å². The van der Waals surface area contributed by atoms with Gasteiger partial charge in [-0.05, 0) is 49.1 Å². The van der Waals surface area contributed by atoms with Crippen LogP contribution in [0.2, 0.25) is 0 Å². The Labute approximate surface area is 189 Å². The minimum absolute atomic E-state index is 0.00291. The predicted molar refractivity (Wildman–Crippen MR) is 123 cm³/mol. The normalized spacial score (nSPS) is 17.1. The number of benzene rings is 2. The van der Waals surface area contributed by atoms with Crippen LogP contribution in [0.15, 0.2) is 66.7 Å². The number of carbonyl (C=O) groups excluding carboxylic acids is 1. The molecule has 1 aliphatic heterocycles. The molecule has 2 aromatic carbocycles. The number of aliphatic hydroxyl groups is 1. The summed E-state index contributed by atoms with van der Waals surface area (Å²) in [5, 5.41) is 19.2. The molecule has 2 unspecified atom stereocenters.